The third-order valence-corrected chi connectivity index (χ3v) is 5.19. The van der Waals surface area contributed by atoms with Crippen molar-refractivity contribution in [3.8, 4) is 5.88 Å². The van der Waals surface area contributed by atoms with E-state index in [2.05, 4.69) is 10.1 Å². The van der Waals surface area contributed by atoms with Gasteiger partial charge in [-0.1, -0.05) is 13.8 Å². The predicted octanol–water partition coefficient (Wildman–Crippen LogP) is 1.30. The van der Waals surface area contributed by atoms with E-state index in [1.54, 1.807) is 16.9 Å². The zero-order chi connectivity index (χ0) is 16.7. The van der Waals surface area contributed by atoms with Gasteiger partial charge in [0.2, 0.25) is 15.9 Å². The Morgan fingerprint density at radius 2 is 2.00 bits per heavy atom. The molecule has 0 atom stereocenters. The molecule has 7 nitrogen and oxygen atoms in total. The molecule has 0 bridgehead atoms. The van der Waals surface area contributed by atoms with Gasteiger partial charge in [0.25, 0.3) is 0 Å². The van der Waals surface area contributed by atoms with E-state index >= 15 is 0 Å². The fraction of sp³-hybridized carbons (Fsp3) is 0.600. The zero-order valence-electron chi connectivity index (χ0n) is 13.4. The minimum atomic E-state index is -3.54. The van der Waals surface area contributed by atoms with Gasteiger partial charge in [-0.05, 0) is 25.7 Å². The van der Waals surface area contributed by atoms with Gasteiger partial charge in [-0.2, -0.15) is 0 Å². The predicted molar refractivity (Wildman–Crippen MR) is 86.9 cm³/mol. The largest absolute Gasteiger partial charge is 0.476 e. The van der Waals surface area contributed by atoms with Crippen LogP contribution in [0.5, 0.6) is 5.88 Å². The molecule has 0 saturated heterocycles. The van der Waals surface area contributed by atoms with Gasteiger partial charge in [0.15, 0.2) is 5.65 Å². The Labute approximate surface area is 135 Å². The molecule has 0 aliphatic heterocycles. The molecule has 0 aromatic carbocycles. The van der Waals surface area contributed by atoms with Crippen LogP contribution in [-0.4, -0.2) is 35.4 Å². The number of aryl methyl sites for hydroxylation is 1. The summed E-state index contributed by atoms with van der Waals surface area (Å²) in [7, 11) is -3.54. The van der Waals surface area contributed by atoms with Crippen LogP contribution in [0.3, 0.4) is 0 Å². The average molecular weight is 338 g/mol. The van der Waals surface area contributed by atoms with E-state index < -0.39 is 15.4 Å². The summed E-state index contributed by atoms with van der Waals surface area (Å²) in [5.74, 6) is 0.447. The molecule has 3 rings (SSSR count). The first kappa shape index (κ1) is 16.2. The maximum absolute atomic E-state index is 11.3. The van der Waals surface area contributed by atoms with E-state index in [0.29, 0.717) is 5.88 Å². The van der Waals surface area contributed by atoms with Crippen LogP contribution >= 0.6 is 0 Å². The minimum Gasteiger partial charge on any atom is -0.476 e. The lowest BCUT2D eigenvalue weighted by molar-refractivity contribution is 0.189. The monoisotopic (exact) mass is 338 g/mol. The molecule has 126 valence electrons. The molecule has 2 heterocycles. The summed E-state index contributed by atoms with van der Waals surface area (Å²) in [6.45, 7) is 3.88. The lowest BCUT2D eigenvalue weighted by atomic mass is 9.93. The van der Waals surface area contributed by atoms with E-state index in [0.717, 1.165) is 36.9 Å². The molecule has 0 spiro atoms. The fourth-order valence-corrected chi connectivity index (χ4v) is 4.28. The van der Waals surface area contributed by atoms with E-state index in [-0.39, 0.29) is 12.4 Å². The number of hydrogen-bond acceptors (Lipinski definition) is 5. The number of hydrogen-bond donors (Lipinski definition) is 1. The molecule has 0 radical (unpaired) electrons. The van der Waals surface area contributed by atoms with Gasteiger partial charge in [0.1, 0.15) is 0 Å². The van der Waals surface area contributed by atoms with Gasteiger partial charge in [0, 0.05) is 28.9 Å². The van der Waals surface area contributed by atoms with Crippen LogP contribution in [0, 0.1) is 5.41 Å². The molecule has 0 fully saturated rings. The smallest absolute Gasteiger partial charge is 0.235 e. The zero-order valence-corrected chi connectivity index (χ0v) is 14.3. The Bertz CT molecular complexity index is 827. The van der Waals surface area contributed by atoms with Crippen molar-refractivity contribution >= 4 is 15.7 Å². The SMILES string of the molecule is CC(C)(COc1nn2ccnc2c2c1CCCC2)CS(N)(=O)=O. The maximum atomic E-state index is 11.3. The highest BCUT2D eigenvalue weighted by molar-refractivity contribution is 7.89. The van der Waals surface area contributed by atoms with Crippen molar-refractivity contribution in [3.63, 3.8) is 0 Å². The van der Waals surface area contributed by atoms with Crippen LogP contribution in [-0.2, 0) is 22.9 Å². The Balaban J connectivity index is 1.88. The number of ether oxygens (including phenoxy) is 1. The van der Waals surface area contributed by atoms with Gasteiger partial charge in [-0.15, -0.1) is 5.10 Å². The number of rotatable bonds is 5. The van der Waals surface area contributed by atoms with E-state index in [1.165, 1.54) is 5.56 Å². The van der Waals surface area contributed by atoms with Crippen molar-refractivity contribution in [1.29, 1.82) is 0 Å². The first-order valence-corrected chi connectivity index (χ1v) is 9.45. The van der Waals surface area contributed by atoms with Gasteiger partial charge < -0.3 is 4.74 Å². The molecular formula is C15H22N4O3S. The molecule has 0 amide bonds. The number of sulfonamides is 1. The van der Waals surface area contributed by atoms with Crippen molar-refractivity contribution in [1.82, 2.24) is 14.6 Å². The van der Waals surface area contributed by atoms with E-state index in [4.69, 9.17) is 9.88 Å². The molecule has 2 N–H and O–H groups in total. The lowest BCUT2D eigenvalue weighted by Crippen LogP contribution is -2.34. The van der Waals surface area contributed by atoms with Crippen molar-refractivity contribution in [2.75, 3.05) is 12.4 Å². The second-order valence-corrected chi connectivity index (χ2v) is 8.54. The normalized spacial score (nSPS) is 15.6. The number of aromatic nitrogens is 3. The van der Waals surface area contributed by atoms with Crippen LogP contribution in [0.4, 0.5) is 0 Å². The first-order valence-electron chi connectivity index (χ1n) is 7.74. The van der Waals surface area contributed by atoms with Crippen LogP contribution in [0.25, 0.3) is 5.65 Å². The van der Waals surface area contributed by atoms with E-state index in [9.17, 15) is 8.42 Å². The van der Waals surface area contributed by atoms with Crippen LogP contribution in [0.2, 0.25) is 0 Å². The average Bonchev–Trinajstić information content (AvgIpc) is 2.90. The Kier molecular flexibility index (Phi) is 4.05. The van der Waals surface area contributed by atoms with Crippen molar-refractivity contribution in [3.05, 3.63) is 23.5 Å². The molecule has 0 saturated carbocycles. The number of fused-ring (bicyclic) bond motifs is 3. The molecule has 8 heteroatoms. The Hall–Kier alpha value is -1.67. The van der Waals surface area contributed by atoms with Gasteiger partial charge in [-0.3, -0.25) is 0 Å². The third kappa shape index (κ3) is 3.64. The summed E-state index contributed by atoms with van der Waals surface area (Å²) >= 11 is 0. The molecule has 1 aliphatic rings. The molecule has 23 heavy (non-hydrogen) atoms. The number of nitrogens with zero attached hydrogens (tertiary/aromatic N) is 3. The maximum Gasteiger partial charge on any atom is 0.235 e. The number of imidazole rings is 1. The molecular weight excluding hydrogens is 316 g/mol. The highest BCUT2D eigenvalue weighted by Gasteiger charge is 2.27. The summed E-state index contributed by atoms with van der Waals surface area (Å²) in [6.07, 6.45) is 7.64. The topological polar surface area (TPSA) is 99.6 Å². The highest BCUT2D eigenvalue weighted by Crippen LogP contribution is 2.31. The highest BCUT2D eigenvalue weighted by atomic mass is 32.2. The molecule has 1 aliphatic carbocycles. The van der Waals surface area contributed by atoms with Crippen LogP contribution < -0.4 is 9.88 Å². The van der Waals surface area contributed by atoms with Crippen molar-refractivity contribution in [2.45, 2.75) is 39.5 Å². The lowest BCUT2D eigenvalue weighted by Gasteiger charge is -2.25. The van der Waals surface area contributed by atoms with Gasteiger partial charge in [-0.25, -0.2) is 23.1 Å². The molecule has 2 aromatic rings. The minimum absolute atomic E-state index is 0.129. The second-order valence-electron chi connectivity index (χ2n) is 6.92. The first-order chi connectivity index (χ1) is 10.8. The number of nitrogens with two attached hydrogens (primary N) is 1. The van der Waals surface area contributed by atoms with Crippen LogP contribution in [0.1, 0.15) is 37.8 Å². The van der Waals surface area contributed by atoms with Crippen molar-refractivity contribution < 1.29 is 13.2 Å². The van der Waals surface area contributed by atoms with E-state index in [1.807, 2.05) is 13.8 Å². The second kappa shape index (κ2) is 5.76. The Morgan fingerprint density at radius 3 is 2.70 bits per heavy atom. The quantitative estimate of drug-likeness (QED) is 0.886. The molecule has 0 unspecified atom stereocenters. The summed E-state index contributed by atoms with van der Waals surface area (Å²) in [5, 5.41) is 9.65. The summed E-state index contributed by atoms with van der Waals surface area (Å²) in [5.41, 5.74) is 2.59. The molecule has 2 aromatic heterocycles. The standard InChI is InChI=1S/C15H22N4O3S/c1-15(2,10-23(16,20)21)9-22-14-12-6-4-3-5-11(12)13-17-7-8-19(13)18-14/h7-8H,3-6,9-10H2,1-2H3,(H2,16,20,21). The van der Waals surface area contributed by atoms with Crippen LogP contribution in [0.15, 0.2) is 12.4 Å². The summed E-state index contributed by atoms with van der Waals surface area (Å²) in [4.78, 5) is 4.38. The Morgan fingerprint density at radius 1 is 1.30 bits per heavy atom. The third-order valence-electron chi connectivity index (χ3n) is 4.01. The van der Waals surface area contributed by atoms with Crippen molar-refractivity contribution in [2.24, 2.45) is 10.6 Å². The summed E-state index contributed by atoms with van der Waals surface area (Å²) < 4.78 is 30.3. The summed E-state index contributed by atoms with van der Waals surface area (Å²) in [6, 6.07) is 0. The number of primary sulfonamides is 1. The van der Waals surface area contributed by atoms with Gasteiger partial charge >= 0.3 is 0 Å². The van der Waals surface area contributed by atoms with Gasteiger partial charge in [0.05, 0.1) is 12.4 Å². The fourth-order valence-electron chi connectivity index (χ4n) is 3.11.